The molecule has 0 spiro atoms. The average molecular weight is 368 g/mol. The lowest BCUT2D eigenvalue weighted by molar-refractivity contribution is 0.183. The van der Waals surface area contributed by atoms with Crippen molar-refractivity contribution in [2.75, 3.05) is 13.1 Å². The molecule has 1 atom stereocenters. The third-order valence-corrected chi connectivity index (χ3v) is 5.96. The van der Waals surface area contributed by atoms with Crippen molar-refractivity contribution < 1.29 is 4.39 Å². The normalized spacial score (nSPS) is 16.4. The van der Waals surface area contributed by atoms with Gasteiger partial charge in [0.1, 0.15) is 5.67 Å². The van der Waals surface area contributed by atoms with E-state index in [0.717, 1.165) is 31.5 Å². The molecule has 3 rings (SSSR count). The SMILES string of the molecule is CCCN(CCc1ccccc1)C(CC)CCc1ccc(C2(F)CC2)cc1. The lowest BCUT2D eigenvalue weighted by atomic mass is 9.99. The molecule has 1 aliphatic carbocycles. The van der Waals surface area contributed by atoms with Crippen molar-refractivity contribution in [2.45, 2.75) is 70.5 Å². The largest absolute Gasteiger partial charge is 0.300 e. The molecule has 2 aromatic carbocycles. The molecule has 0 aromatic heterocycles. The Balaban J connectivity index is 1.54. The van der Waals surface area contributed by atoms with Crippen LogP contribution in [-0.2, 0) is 18.5 Å². The number of hydrogen-bond acceptors (Lipinski definition) is 1. The van der Waals surface area contributed by atoms with E-state index >= 15 is 0 Å². The Labute approximate surface area is 164 Å². The summed E-state index contributed by atoms with van der Waals surface area (Å²) in [5, 5.41) is 0. The predicted molar refractivity (Wildman–Crippen MR) is 113 cm³/mol. The monoisotopic (exact) mass is 367 g/mol. The minimum atomic E-state index is -1.01. The fourth-order valence-corrected chi connectivity index (χ4v) is 4.03. The maximum absolute atomic E-state index is 14.1. The second-order valence-electron chi connectivity index (χ2n) is 8.03. The number of nitrogens with zero attached hydrogens (tertiary/aromatic N) is 1. The Hall–Kier alpha value is -1.67. The van der Waals surface area contributed by atoms with Crippen molar-refractivity contribution in [3.05, 3.63) is 71.3 Å². The van der Waals surface area contributed by atoms with Gasteiger partial charge in [-0.1, -0.05) is 68.4 Å². The minimum Gasteiger partial charge on any atom is -0.300 e. The van der Waals surface area contributed by atoms with Gasteiger partial charge in [-0.3, -0.25) is 0 Å². The van der Waals surface area contributed by atoms with Gasteiger partial charge in [0.25, 0.3) is 0 Å². The molecule has 0 N–H and O–H groups in total. The highest BCUT2D eigenvalue weighted by molar-refractivity contribution is 5.31. The summed E-state index contributed by atoms with van der Waals surface area (Å²) in [6, 6.07) is 19.7. The first kappa shape index (κ1) is 20.1. The second-order valence-corrected chi connectivity index (χ2v) is 8.03. The van der Waals surface area contributed by atoms with E-state index in [1.54, 1.807) is 0 Å². The fourth-order valence-electron chi connectivity index (χ4n) is 4.03. The van der Waals surface area contributed by atoms with Gasteiger partial charge in [-0.05, 0) is 68.2 Å². The van der Waals surface area contributed by atoms with E-state index in [2.05, 4.69) is 61.2 Å². The van der Waals surface area contributed by atoms with Crippen LogP contribution in [0, 0.1) is 0 Å². The van der Waals surface area contributed by atoms with Crippen molar-refractivity contribution in [2.24, 2.45) is 0 Å². The van der Waals surface area contributed by atoms with E-state index in [1.807, 2.05) is 12.1 Å². The molecular weight excluding hydrogens is 333 g/mol. The number of halogens is 1. The topological polar surface area (TPSA) is 3.24 Å². The van der Waals surface area contributed by atoms with Gasteiger partial charge in [0.15, 0.2) is 0 Å². The summed E-state index contributed by atoms with van der Waals surface area (Å²) in [7, 11) is 0. The third kappa shape index (κ3) is 5.65. The summed E-state index contributed by atoms with van der Waals surface area (Å²) < 4.78 is 14.1. The summed E-state index contributed by atoms with van der Waals surface area (Å²) >= 11 is 0. The molecule has 1 saturated carbocycles. The first-order valence-electron chi connectivity index (χ1n) is 10.7. The van der Waals surface area contributed by atoms with Gasteiger partial charge < -0.3 is 4.90 Å². The molecule has 0 bridgehead atoms. The van der Waals surface area contributed by atoms with Crippen LogP contribution in [0.2, 0.25) is 0 Å². The van der Waals surface area contributed by atoms with Gasteiger partial charge in [-0.15, -0.1) is 0 Å². The summed E-state index contributed by atoms with van der Waals surface area (Å²) in [5.74, 6) is 0. The zero-order chi connectivity index (χ0) is 19.1. The molecule has 2 aromatic rings. The first-order valence-corrected chi connectivity index (χ1v) is 10.7. The van der Waals surface area contributed by atoms with Crippen LogP contribution in [0.1, 0.15) is 62.6 Å². The molecule has 0 aliphatic heterocycles. The van der Waals surface area contributed by atoms with E-state index in [0.29, 0.717) is 18.9 Å². The van der Waals surface area contributed by atoms with Crippen LogP contribution in [0.4, 0.5) is 4.39 Å². The van der Waals surface area contributed by atoms with Crippen LogP contribution < -0.4 is 0 Å². The molecule has 0 radical (unpaired) electrons. The first-order chi connectivity index (χ1) is 13.1. The smallest absolute Gasteiger partial charge is 0.136 e. The highest BCUT2D eigenvalue weighted by Crippen LogP contribution is 2.49. The van der Waals surface area contributed by atoms with Crippen LogP contribution in [-0.4, -0.2) is 24.0 Å². The molecule has 146 valence electrons. The molecule has 1 nitrogen and oxygen atoms in total. The molecule has 0 amide bonds. The Morgan fingerprint density at radius 2 is 1.56 bits per heavy atom. The summed E-state index contributed by atoms with van der Waals surface area (Å²) in [6.45, 7) is 6.86. The van der Waals surface area contributed by atoms with Crippen molar-refractivity contribution >= 4 is 0 Å². The third-order valence-electron chi connectivity index (χ3n) is 5.96. The predicted octanol–water partition coefficient (Wildman–Crippen LogP) is 6.31. The number of aryl methyl sites for hydroxylation is 1. The lowest BCUT2D eigenvalue weighted by Gasteiger charge is -2.31. The number of hydrogen-bond donors (Lipinski definition) is 0. The maximum Gasteiger partial charge on any atom is 0.136 e. The molecule has 0 saturated heterocycles. The van der Waals surface area contributed by atoms with Crippen LogP contribution in [0.5, 0.6) is 0 Å². The number of benzene rings is 2. The second kappa shape index (κ2) is 9.50. The Morgan fingerprint density at radius 1 is 0.889 bits per heavy atom. The van der Waals surface area contributed by atoms with Gasteiger partial charge in [0.05, 0.1) is 0 Å². The minimum absolute atomic E-state index is 0.615. The molecule has 1 unspecified atom stereocenters. The van der Waals surface area contributed by atoms with E-state index < -0.39 is 5.67 Å². The van der Waals surface area contributed by atoms with Crippen molar-refractivity contribution in [3.63, 3.8) is 0 Å². The molecule has 1 fully saturated rings. The zero-order valence-corrected chi connectivity index (χ0v) is 17.0. The molecule has 2 heteroatoms. The number of rotatable bonds is 11. The zero-order valence-electron chi connectivity index (χ0n) is 17.0. The van der Waals surface area contributed by atoms with E-state index in [1.165, 1.54) is 30.4 Å². The lowest BCUT2D eigenvalue weighted by Crippen LogP contribution is -2.37. The standard InChI is InChI=1S/C25H34FN/c1-3-19-27(20-16-21-8-6-5-7-9-21)24(4-2)15-12-22-10-13-23(14-11-22)25(26)17-18-25/h5-11,13-14,24H,3-4,12,15-20H2,1-2H3. The van der Waals surface area contributed by atoms with Gasteiger partial charge in [0.2, 0.25) is 0 Å². The Bertz CT molecular complexity index is 675. The van der Waals surface area contributed by atoms with Crippen LogP contribution in [0.3, 0.4) is 0 Å². The van der Waals surface area contributed by atoms with Crippen molar-refractivity contribution in [1.82, 2.24) is 4.90 Å². The highest BCUT2D eigenvalue weighted by atomic mass is 19.1. The summed E-state index contributed by atoms with van der Waals surface area (Å²) in [4.78, 5) is 2.67. The molecular formula is C25H34FN. The van der Waals surface area contributed by atoms with E-state index in [4.69, 9.17) is 0 Å². The number of alkyl halides is 1. The van der Waals surface area contributed by atoms with Gasteiger partial charge >= 0.3 is 0 Å². The summed E-state index contributed by atoms with van der Waals surface area (Å²) in [6.07, 6.45) is 7.12. The Kier molecular flexibility index (Phi) is 7.07. The maximum atomic E-state index is 14.1. The molecule has 27 heavy (non-hydrogen) atoms. The van der Waals surface area contributed by atoms with Gasteiger partial charge in [-0.2, -0.15) is 0 Å². The molecule has 0 heterocycles. The highest BCUT2D eigenvalue weighted by Gasteiger charge is 2.44. The van der Waals surface area contributed by atoms with Crippen LogP contribution in [0.25, 0.3) is 0 Å². The Morgan fingerprint density at radius 3 is 2.15 bits per heavy atom. The van der Waals surface area contributed by atoms with Crippen LogP contribution >= 0.6 is 0 Å². The van der Waals surface area contributed by atoms with Crippen molar-refractivity contribution in [1.29, 1.82) is 0 Å². The van der Waals surface area contributed by atoms with Gasteiger partial charge in [0, 0.05) is 12.6 Å². The summed E-state index contributed by atoms with van der Waals surface area (Å²) in [5.41, 5.74) is 2.61. The quantitative estimate of drug-likeness (QED) is 0.450. The molecule has 1 aliphatic rings. The van der Waals surface area contributed by atoms with Gasteiger partial charge in [-0.25, -0.2) is 4.39 Å². The average Bonchev–Trinajstić information content (AvgIpc) is 3.46. The van der Waals surface area contributed by atoms with Crippen LogP contribution in [0.15, 0.2) is 54.6 Å². The fraction of sp³-hybridized carbons (Fsp3) is 0.520. The van der Waals surface area contributed by atoms with E-state index in [9.17, 15) is 4.39 Å². The van der Waals surface area contributed by atoms with Crippen molar-refractivity contribution in [3.8, 4) is 0 Å². The van der Waals surface area contributed by atoms with E-state index in [-0.39, 0.29) is 0 Å².